The highest BCUT2D eigenvalue weighted by atomic mass is 35.5. The fraction of sp³-hybridized carbons (Fsp3) is 0.562. The van der Waals surface area contributed by atoms with Crippen LogP contribution < -0.4 is 9.47 Å². The predicted molar refractivity (Wildman–Crippen MR) is 79.4 cm³/mol. The number of carbonyl (C=O) groups is 1. The Labute approximate surface area is 129 Å². The molecule has 0 radical (unpaired) electrons. The summed E-state index contributed by atoms with van der Waals surface area (Å²) >= 11 is 6.15. The maximum atomic E-state index is 11.0. The van der Waals surface area contributed by atoms with E-state index in [1.807, 2.05) is 0 Å². The van der Waals surface area contributed by atoms with Crippen molar-refractivity contribution in [3.8, 4) is 11.5 Å². The van der Waals surface area contributed by atoms with Crippen molar-refractivity contribution < 1.29 is 19.4 Å². The molecule has 0 saturated heterocycles. The van der Waals surface area contributed by atoms with E-state index in [0.29, 0.717) is 24.0 Å². The van der Waals surface area contributed by atoms with Gasteiger partial charge in [-0.25, -0.2) is 4.79 Å². The second kappa shape index (κ2) is 5.76. The smallest absolute Gasteiger partial charge is 0.335 e. The van der Waals surface area contributed by atoms with Crippen molar-refractivity contribution in [3.63, 3.8) is 0 Å². The van der Waals surface area contributed by atoms with Crippen molar-refractivity contribution in [2.45, 2.75) is 25.7 Å². The summed E-state index contributed by atoms with van der Waals surface area (Å²) in [6.45, 7) is 0.629. The molecule has 1 aromatic rings. The second-order valence-corrected chi connectivity index (χ2v) is 6.45. The lowest BCUT2D eigenvalue weighted by Crippen LogP contribution is -2.19. The Bertz CT molecular complexity index is 557. The molecule has 5 heteroatoms. The van der Waals surface area contributed by atoms with E-state index in [0.717, 1.165) is 11.8 Å². The van der Waals surface area contributed by atoms with Crippen LogP contribution in [0.25, 0.3) is 0 Å². The monoisotopic (exact) mass is 310 g/mol. The molecule has 114 valence electrons. The molecule has 4 nitrogen and oxygen atoms in total. The third-order valence-corrected chi connectivity index (χ3v) is 5.08. The number of halogens is 1. The fourth-order valence-corrected chi connectivity index (χ4v) is 4.02. The van der Waals surface area contributed by atoms with Crippen molar-refractivity contribution >= 4 is 17.6 Å². The van der Waals surface area contributed by atoms with Gasteiger partial charge in [0.2, 0.25) is 0 Å². The highest BCUT2D eigenvalue weighted by Gasteiger charge is 2.39. The molecule has 3 atom stereocenters. The maximum Gasteiger partial charge on any atom is 0.335 e. The molecule has 0 aliphatic heterocycles. The number of rotatable bonds is 5. The minimum absolute atomic E-state index is 0.101. The van der Waals surface area contributed by atoms with E-state index in [9.17, 15) is 4.79 Å². The number of benzene rings is 1. The molecule has 0 spiro atoms. The molecule has 1 N–H and O–H groups in total. The largest absolute Gasteiger partial charge is 0.493 e. The van der Waals surface area contributed by atoms with Crippen molar-refractivity contribution in [2.24, 2.45) is 17.8 Å². The molecule has 2 saturated carbocycles. The number of fused-ring (bicyclic) bond motifs is 2. The van der Waals surface area contributed by atoms with Gasteiger partial charge in [0.15, 0.2) is 11.5 Å². The van der Waals surface area contributed by atoms with Gasteiger partial charge in [-0.1, -0.05) is 18.0 Å². The summed E-state index contributed by atoms with van der Waals surface area (Å²) in [5.74, 6) is 2.03. The van der Waals surface area contributed by atoms with Gasteiger partial charge in [-0.2, -0.15) is 0 Å². The second-order valence-electron chi connectivity index (χ2n) is 6.04. The lowest BCUT2D eigenvalue weighted by molar-refractivity contribution is 0.0696. The van der Waals surface area contributed by atoms with Gasteiger partial charge >= 0.3 is 5.97 Å². The van der Waals surface area contributed by atoms with E-state index in [4.69, 9.17) is 26.2 Å². The Morgan fingerprint density at radius 2 is 2.19 bits per heavy atom. The van der Waals surface area contributed by atoms with Crippen LogP contribution in [0.2, 0.25) is 5.02 Å². The van der Waals surface area contributed by atoms with E-state index in [1.54, 1.807) is 0 Å². The van der Waals surface area contributed by atoms with Gasteiger partial charge in [0.25, 0.3) is 0 Å². The topological polar surface area (TPSA) is 55.8 Å². The van der Waals surface area contributed by atoms with E-state index in [2.05, 4.69) is 0 Å². The molecule has 0 amide bonds. The molecular weight excluding hydrogens is 292 g/mol. The normalized spacial score (nSPS) is 26.9. The average molecular weight is 311 g/mol. The van der Waals surface area contributed by atoms with Crippen LogP contribution in [0.5, 0.6) is 11.5 Å². The van der Waals surface area contributed by atoms with Crippen molar-refractivity contribution in [1.29, 1.82) is 0 Å². The Balaban J connectivity index is 1.74. The van der Waals surface area contributed by atoms with Crippen LogP contribution in [0.1, 0.15) is 36.0 Å². The van der Waals surface area contributed by atoms with Gasteiger partial charge in [-0.05, 0) is 49.1 Å². The number of hydrogen-bond donors (Lipinski definition) is 1. The molecule has 21 heavy (non-hydrogen) atoms. The summed E-state index contributed by atoms with van der Waals surface area (Å²) < 4.78 is 11.1. The van der Waals surface area contributed by atoms with Crippen LogP contribution in [-0.4, -0.2) is 24.8 Å². The first kappa shape index (κ1) is 14.5. The van der Waals surface area contributed by atoms with Gasteiger partial charge in [0.05, 0.1) is 24.3 Å². The summed E-state index contributed by atoms with van der Waals surface area (Å²) in [7, 11) is 1.49. The zero-order chi connectivity index (χ0) is 15.0. The highest BCUT2D eigenvalue weighted by Crippen LogP contribution is 2.48. The summed E-state index contributed by atoms with van der Waals surface area (Å²) in [5.41, 5.74) is 0.101. The Kier molecular flexibility index (Phi) is 3.98. The molecule has 2 aliphatic carbocycles. The summed E-state index contributed by atoms with van der Waals surface area (Å²) in [4.78, 5) is 11.0. The molecule has 2 aliphatic rings. The fourth-order valence-electron chi connectivity index (χ4n) is 3.75. The first-order valence-corrected chi connectivity index (χ1v) is 7.70. The van der Waals surface area contributed by atoms with Gasteiger partial charge < -0.3 is 14.6 Å². The Morgan fingerprint density at radius 3 is 2.76 bits per heavy atom. The Morgan fingerprint density at radius 1 is 1.38 bits per heavy atom. The number of methoxy groups -OCH3 is 1. The minimum Gasteiger partial charge on any atom is -0.493 e. The third-order valence-electron chi connectivity index (χ3n) is 4.80. The number of hydrogen-bond acceptors (Lipinski definition) is 3. The lowest BCUT2D eigenvalue weighted by Gasteiger charge is -2.22. The van der Waals surface area contributed by atoms with E-state index < -0.39 is 5.97 Å². The van der Waals surface area contributed by atoms with E-state index in [-0.39, 0.29) is 10.6 Å². The number of ether oxygens (including phenoxy) is 2. The summed E-state index contributed by atoms with van der Waals surface area (Å²) in [6, 6.07) is 2.85. The number of carboxylic acid groups (broad SMARTS) is 1. The van der Waals surface area contributed by atoms with Crippen LogP contribution in [0.15, 0.2) is 12.1 Å². The third kappa shape index (κ3) is 2.82. The number of carboxylic acids is 1. The average Bonchev–Trinajstić information content (AvgIpc) is 3.07. The highest BCUT2D eigenvalue weighted by molar-refractivity contribution is 6.32. The molecule has 0 aromatic heterocycles. The molecule has 0 heterocycles. The lowest BCUT2D eigenvalue weighted by atomic mass is 9.89. The molecule has 1 aromatic carbocycles. The number of aromatic carboxylic acids is 1. The zero-order valence-electron chi connectivity index (χ0n) is 12.0. The predicted octanol–water partition coefficient (Wildman–Crippen LogP) is 3.86. The van der Waals surface area contributed by atoms with E-state index in [1.165, 1.54) is 44.9 Å². The molecule has 2 bridgehead atoms. The van der Waals surface area contributed by atoms with Crippen molar-refractivity contribution in [2.75, 3.05) is 13.7 Å². The first-order chi connectivity index (χ1) is 10.1. The quantitative estimate of drug-likeness (QED) is 0.897. The SMILES string of the molecule is COc1cc(C(=O)O)cc(Cl)c1OCC1CC2CCC1C2. The van der Waals surface area contributed by atoms with E-state index >= 15 is 0 Å². The Hall–Kier alpha value is -1.42. The van der Waals surface area contributed by atoms with Crippen LogP contribution in [0.3, 0.4) is 0 Å². The van der Waals surface area contributed by atoms with Gasteiger partial charge in [0, 0.05) is 0 Å². The minimum atomic E-state index is -1.03. The summed E-state index contributed by atoms with van der Waals surface area (Å²) in [6.07, 6.45) is 5.23. The van der Waals surface area contributed by atoms with Crippen molar-refractivity contribution in [3.05, 3.63) is 22.7 Å². The van der Waals surface area contributed by atoms with Gasteiger partial charge in [-0.3, -0.25) is 0 Å². The van der Waals surface area contributed by atoms with Crippen LogP contribution in [0, 0.1) is 17.8 Å². The maximum absolute atomic E-state index is 11.0. The van der Waals surface area contributed by atoms with Crippen molar-refractivity contribution in [1.82, 2.24) is 0 Å². The first-order valence-electron chi connectivity index (χ1n) is 7.32. The van der Waals surface area contributed by atoms with Gasteiger partial charge in [-0.15, -0.1) is 0 Å². The zero-order valence-corrected chi connectivity index (χ0v) is 12.7. The van der Waals surface area contributed by atoms with Crippen LogP contribution in [-0.2, 0) is 0 Å². The van der Waals surface area contributed by atoms with Crippen LogP contribution in [0.4, 0.5) is 0 Å². The van der Waals surface area contributed by atoms with Gasteiger partial charge in [0.1, 0.15) is 0 Å². The molecule has 3 unspecified atom stereocenters. The van der Waals surface area contributed by atoms with Crippen LogP contribution >= 0.6 is 11.6 Å². The molecule has 2 fully saturated rings. The standard InChI is InChI=1S/C16H19ClO4/c1-20-14-7-11(16(18)19)6-13(17)15(14)21-8-12-5-9-2-3-10(12)4-9/h6-7,9-10,12H,2-5,8H2,1H3,(H,18,19). The summed E-state index contributed by atoms with van der Waals surface area (Å²) in [5, 5.41) is 9.33. The molecular formula is C16H19ClO4. The molecule has 3 rings (SSSR count).